The molecule has 104 valence electrons. The second kappa shape index (κ2) is 6.66. The molecular formula is C17H18O3. The van der Waals surface area contributed by atoms with E-state index in [0.717, 1.165) is 16.9 Å². The molecule has 2 aromatic rings. The van der Waals surface area contributed by atoms with E-state index in [1.807, 2.05) is 30.3 Å². The zero-order chi connectivity index (χ0) is 14.4. The van der Waals surface area contributed by atoms with Gasteiger partial charge in [0, 0.05) is 5.56 Å². The molecule has 0 aromatic heterocycles. The molecule has 1 N–H and O–H groups in total. The molecule has 2 aromatic carbocycles. The minimum absolute atomic E-state index is 0.233. The zero-order valence-corrected chi connectivity index (χ0v) is 11.5. The van der Waals surface area contributed by atoms with Crippen LogP contribution in [0.25, 0.3) is 0 Å². The molecule has 0 aliphatic rings. The van der Waals surface area contributed by atoms with Crippen molar-refractivity contribution in [2.75, 3.05) is 7.11 Å². The number of phenolic OH excluding ortho intramolecular Hbond substituents is 1. The third-order valence-electron chi connectivity index (χ3n) is 3.01. The number of methoxy groups -OCH3 is 1. The molecule has 2 rings (SSSR count). The first-order valence-electron chi connectivity index (χ1n) is 6.42. The topological polar surface area (TPSA) is 38.7 Å². The molecule has 20 heavy (non-hydrogen) atoms. The van der Waals surface area contributed by atoms with Crippen LogP contribution in [0.2, 0.25) is 0 Å². The molecule has 3 heteroatoms. The Balaban J connectivity index is 2.09. The maximum Gasteiger partial charge on any atom is 0.127 e. The summed E-state index contributed by atoms with van der Waals surface area (Å²) < 4.78 is 10.9. The summed E-state index contributed by atoms with van der Waals surface area (Å²) in [7, 11) is 1.64. The number of hydrogen-bond donors (Lipinski definition) is 1. The summed E-state index contributed by atoms with van der Waals surface area (Å²) in [5, 5.41) is 9.84. The highest BCUT2D eigenvalue weighted by Crippen LogP contribution is 2.29. The Kier molecular flexibility index (Phi) is 4.66. The number of phenols is 1. The number of aromatic hydroxyl groups is 1. The van der Waals surface area contributed by atoms with Gasteiger partial charge in [0.1, 0.15) is 23.9 Å². The van der Waals surface area contributed by atoms with E-state index in [4.69, 9.17) is 9.47 Å². The smallest absolute Gasteiger partial charge is 0.127 e. The third kappa shape index (κ3) is 3.32. The largest absolute Gasteiger partial charge is 0.508 e. The van der Waals surface area contributed by atoms with Crippen LogP contribution in [0, 0.1) is 0 Å². The second-order valence-electron chi connectivity index (χ2n) is 4.38. The van der Waals surface area contributed by atoms with Crippen molar-refractivity contribution in [1.29, 1.82) is 0 Å². The lowest BCUT2D eigenvalue weighted by Crippen LogP contribution is -1.98. The summed E-state index contributed by atoms with van der Waals surface area (Å²) in [5.41, 5.74) is 1.80. The zero-order valence-electron chi connectivity index (χ0n) is 11.5. The van der Waals surface area contributed by atoms with Gasteiger partial charge in [-0.25, -0.2) is 0 Å². The van der Waals surface area contributed by atoms with Crippen LogP contribution in [0.5, 0.6) is 17.2 Å². The first-order valence-corrected chi connectivity index (χ1v) is 6.42. The highest BCUT2D eigenvalue weighted by atomic mass is 16.5. The van der Waals surface area contributed by atoms with Gasteiger partial charge in [0.25, 0.3) is 0 Å². The molecule has 0 unspecified atom stereocenters. The summed E-state index contributed by atoms with van der Waals surface area (Å²) >= 11 is 0. The highest BCUT2D eigenvalue weighted by Gasteiger charge is 2.07. The van der Waals surface area contributed by atoms with Gasteiger partial charge in [0.05, 0.1) is 7.11 Å². The number of rotatable bonds is 6. The number of hydrogen-bond acceptors (Lipinski definition) is 3. The van der Waals surface area contributed by atoms with Crippen molar-refractivity contribution in [3.63, 3.8) is 0 Å². The van der Waals surface area contributed by atoms with Crippen molar-refractivity contribution in [2.24, 2.45) is 0 Å². The molecule has 0 atom stereocenters. The summed E-state index contributed by atoms with van der Waals surface area (Å²) in [6, 6.07) is 13.0. The van der Waals surface area contributed by atoms with Crippen molar-refractivity contribution in [3.05, 3.63) is 66.2 Å². The fraction of sp³-hybridized carbons (Fsp3) is 0.176. The van der Waals surface area contributed by atoms with Crippen molar-refractivity contribution in [2.45, 2.75) is 13.0 Å². The Labute approximate surface area is 119 Å². The van der Waals surface area contributed by atoms with Crippen molar-refractivity contribution < 1.29 is 14.6 Å². The second-order valence-corrected chi connectivity index (χ2v) is 4.38. The first-order chi connectivity index (χ1) is 9.74. The van der Waals surface area contributed by atoms with E-state index in [0.29, 0.717) is 18.8 Å². The molecule has 0 bridgehead atoms. The van der Waals surface area contributed by atoms with Gasteiger partial charge in [-0.1, -0.05) is 24.3 Å². The molecule has 0 saturated heterocycles. The maximum atomic E-state index is 9.84. The molecule has 0 heterocycles. The monoisotopic (exact) mass is 270 g/mol. The Morgan fingerprint density at radius 2 is 1.90 bits per heavy atom. The number of benzene rings is 2. The lowest BCUT2D eigenvalue weighted by Gasteiger charge is -2.12. The molecule has 0 aliphatic carbocycles. The normalized spacial score (nSPS) is 10.1. The van der Waals surface area contributed by atoms with Crippen LogP contribution in [0.3, 0.4) is 0 Å². The quantitative estimate of drug-likeness (QED) is 0.813. The average Bonchev–Trinajstić information content (AvgIpc) is 2.48. The Hall–Kier alpha value is -2.42. The predicted molar refractivity (Wildman–Crippen MR) is 79.3 cm³/mol. The lowest BCUT2D eigenvalue weighted by atomic mass is 10.1. The van der Waals surface area contributed by atoms with Crippen LogP contribution in [-0.2, 0) is 13.0 Å². The summed E-state index contributed by atoms with van der Waals surface area (Å²) in [6.45, 7) is 4.14. The van der Waals surface area contributed by atoms with Crippen LogP contribution < -0.4 is 9.47 Å². The van der Waals surface area contributed by atoms with Gasteiger partial charge < -0.3 is 14.6 Å². The van der Waals surface area contributed by atoms with Gasteiger partial charge in [0.2, 0.25) is 0 Å². The standard InChI is InChI=1S/C17H18O3/c1-3-5-15-16(18)6-4-7-17(15)20-12-13-8-10-14(19-2)11-9-13/h3-4,6-11,18H,1,5,12H2,2H3. The van der Waals surface area contributed by atoms with Gasteiger partial charge in [0.15, 0.2) is 0 Å². The van der Waals surface area contributed by atoms with E-state index in [1.54, 1.807) is 25.3 Å². The minimum Gasteiger partial charge on any atom is -0.508 e. The number of allylic oxidation sites excluding steroid dienone is 1. The Morgan fingerprint density at radius 1 is 1.15 bits per heavy atom. The van der Waals surface area contributed by atoms with E-state index < -0.39 is 0 Å². The SMILES string of the molecule is C=CCc1c(O)cccc1OCc1ccc(OC)cc1. The lowest BCUT2D eigenvalue weighted by molar-refractivity contribution is 0.301. The van der Waals surface area contributed by atoms with Gasteiger partial charge in [-0.05, 0) is 36.2 Å². The fourth-order valence-electron chi connectivity index (χ4n) is 1.92. The van der Waals surface area contributed by atoms with E-state index in [9.17, 15) is 5.11 Å². The molecule has 0 fully saturated rings. The Bertz CT molecular complexity index is 573. The maximum absolute atomic E-state index is 9.84. The van der Waals surface area contributed by atoms with Crippen LogP contribution in [0.15, 0.2) is 55.1 Å². The summed E-state index contributed by atoms with van der Waals surface area (Å²) in [5.74, 6) is 1.73. The molecule has 0 saturated carbocycles. The highest BCUT2D eigenvalue weighted by molar-refractivity contribution is 5.45. The molecular weight excluding hydrogens is 252 g/mol. The molecule has 0 amide bonds. The van der Waals surface area contributed by atoms with Crippen molar-refractivity contribution in [3.8, 4) is 17.2 Å². The van der Waals surface area contributed by atoms with Crippen molar-refractivity contribution in [1.82, 2.24) is 0 Å². The van der Waals surface area contributed by atoms with Gasteiger partial charge >= 0.3 is 0 Å². The van der Waals surface area contributed by atoms with Crippen LogP contribution >= 0.6 is 0 Å². The van der Waals surface area contributed by atoms with Gasteiger partial charge in [-0.15, -0.1) is 6.58 Å². The molecule has 3 nitrogen and oxygen atoms in total. The van der Waals surface area contributed by atoms with E-state index in [-0.39, 0.29) is 5.75 Å². The average molecular weight is 270 g/mol. The molecule has 0 radical (unpaired) electrons. The van der Waals surface area contributed by atoms with Crippen LogP contribution in [0.4, 0.5) is 0 Å². The van der Waals surface area contributed by atoms with E-state index in [2.05, 4.69) is 6.58 Å². The molecule has 0 spiro atoms. The number of ether oxygens (including phenoxy) is 2. The van der Waals surface area contributed by atoms with Crippen molar-refractivity contribution >= 4 is 0 Å². The van der Waals surface area contributed by atoms with Gasteiger partial charge in [-0.3, -0.25) is 0 Å². The minimum atomic E-state index is 0.233. The van der Waals surface area contributed by atoms with Crippen LogP contribution in [0.1, 0.15) is 11.1 Å². The third-order valence-corrected chi connectivity index (χ3v) is 3.01. The van der Waals surface area contributed by atoms with E-state index >= 15 is 0 Å². The molecule has 0 aliphatic heterocycles. The Morgan fingerprint density at radius 3 is 2.55 bits per heavy atom. The predicted octanol–water partition coefficient (Wildman–Crippen LogP) is 3.71. The van der Waals surface area contributed by atoms with Crippen LogP contribution in [-0.4, -0.2) is 12.2 Å². The first kappa shape index (κ1) is 14.0. The van der Waals surface area contributed by atoms with Gasteiger partial charge in [-0.2, -0.15) is 0 Å². The fourth-order valence-corrected chi connectivity index (χ4v) is 1.92. The van der Waals surface area contributed by atoms with E-state index in [1.165, 1.54) is 0 Å². The summed E-state index contributed by atoms with van der Waals surface area (Å²) in [6.07, 6.45) is 2.32. The summed E-state index contributed by atoms with van der Waals surface area (Å²) in [4.78, 5) is 0.